The van der Waals surface area contributed by atoms with Gasteiger partial charge in [-0.2, -0.15) is 0 Å². The molecule has 0 aromatic heterocycles. The van der Waals surface area contributed by atoms with Gasteiger partial charge in [-0.05, 0) is 62.3 Å². The van der Waals surface area contributed by atoms with Crippen molar-refractivity contribution < 1.29 is 4.79 Å². The van der Waals surface area contributed by atoms with Crippen LogP contribution in [0.3, 0.4) is 0 Å². The van der Waals surface area contributed by atoms with E-state index in [1.54, 1.807) is 0 Å². The third-order valence-corrected chi connectivity index (χ3v) is 5.25. The van der Waals surface area contributed by atoms with Crippen molar-refractivity contribution in [1.29, 1.82) is 0 Å². The normalized spacial score (nSPS) is 23.5. The number of carbonyl (C=O) groups excluding carboxylic acids is 1. The molecular formula is C17H22BrNO. The minimum Gasteiger partial charge on any atom is -0.335 e. The molecule has 1 aliphatic heterocycles. The minimum atomic E-state index is 0.226. The van der Waals surface area contributed by atoms with Crippen molar-refractivity contribution in [3.05, 3.63) is 33.8 Å². The molecule has 0 radical (unpaired) electrons. The summed E-state index contributed by atoms with van der Waals surface area (Å²) in [7, 11) is 0. The second kappa shape index (κ2) is 5.88. The summed E-state index contributed by atoms with van der Waals surface area (Å²) in [5.74, 6) is 0.971. The molecule has 2 fully saturated rings. The number of aryl methyl sites for hydroxylation is 1. The van der Waals surface area contributed by atoms with Gasteiger partial charge in [0.05, 0.1) is 0 Å². The Morgan fingerprint density at radius 1 is 1.15 bits per heavy atom. The first kappa shape index (κ1) is 14.1. The van der Waals surface area contributed by atoms with Crippen molar-refractivity contribution >= 4 is 21.8 Å². The third-order valence-electron chi connectivity index (χ3n) is 4.79. The van der Waals surface area contributed by atoms with Gasteiger partial charge in [-0.1, -0.05) is 28.8 Å². The van der Waals surface area contributed by atoms with Gasteiger partial charge in [0.15, 0.2) is 0 Å². The molecule has 1 aromatic carbocycles. The van der Waals surface area contributed by atoms with Crippen LogP contribution in [-0.2, 0) is 0 Å². The van der Waals surface area contributed by atoms with E-state index in [0.717, 1.165) is 28.1 Å². The van der Waals surface area contributed by atoms with Crippen LogP contribution in [0.25, 0.3) is 0 Å². The van der Waals surface area contributed by atoms with E-state index in [0.29, 0.717) is 6.04 Å². The predicted octanol–water partition coefficient (Wildman–Crippen LogP) is 4.55. The monoisotopic (exact) mass is 335 g/mol. The molecule has 20 heavy (non-hydrogen) atoms. The van der Waals surface area contributed by atoms with Gasteiger partial charge in [-0.25, -0.2) is 0 Å². The summed E-state index contributed by atoms with van der Waals surface area (Å²) in [6, 6.07) is 6.51. The zero-order valence-electron chi connectivity index (χ0n) is 12.1. The number of rotatable bonds is 2. The van der Waals surface area contributed by atoms with Crippen LogP contribution in [0.1, 0.15) is 54.4 Å². The number of benzene rings is 1. The van der Waals surface area contributed by atoms with Crippen molar-refractivity contribution in [3.63, 3.8) is 0 Å². The average Bonchev–Trinajstić information content (AvgIpc) is 3.07. The highest BCUT2D eigenvalue weighted by Crippen LogP contribution is 2.36. The fourth-order valence-electron chi connectivity index (χ4n) is 3.90. The van der Waals surface area contributed by atoms with Gasteiger partial charge in [-0.3, -0.25) is 4.79 Å². The van der Waals surface area contributed by atoms with Gasteiger partial charge in [0.25, 0.3) is 5.91 Å². The molecule has 3 rings (SSSR count). The summed E-state index contributed by atoms with van der Waals surface area (Å²) in [6.07, 6.45) is 7.68. The lowest BCUT2D eigenvalue weighted by Crippen LogP contribution is -2.39. The number of amides is 1. The van der Waals surface area contributed by atoms with E-state index < -0.39 is 0 Å². The summed E-state index contributed by atoms with van der Waals surface area (Å²) < 4.78 is 0.998. The summed E-state index contributed by atoms with van der Waals surface area (Å²) in [5.41, 5.74) is 1.97. The molecule has 1 aromatic rings. The Hall–Kier alpha value is -0.830. The first-order chi connectivity index (χ1) is 9.65. The molecule has 1 saturated heterocycles. The van der Waals surface area contributed by atoms with E-state index in [4.69, 9.17) is 0 Å². The van der Waals surface area contributed by atoms with Crippen molar-refractivity contribution in [2.24, 2.45) is 5.92 Å². The predicted molar refractivity (Wildman–Crippen MR) is 84.9 cm³/mol. The molecule has 1 unspecified atom stereocenters. The summed E-state index contributed by atoms with van der Waals surface area (Å²) >= 11 is 3.50. The molecule has 1 atom stereocenters. The van der Waals surface area contributed by atoms with E-state index in [-0.39, 0.29) is 5.91 Å². The third kappa shape index (κ3) is 2.78. The maximum absolute atomic E-state index is 12.8. The maximum atomic E-state index is 12.8. The van der Waals surface area contributed by atoms with Crippen molar-refractivity contribution in [2.75, 3.05) is 6.54 Å². The second-order valence-electron chi connectivity index (χ2n) is 6.27. The highest BCUT2D eigenvalue weighted by Gasteiger charge is 2.36. The molecule has 1 aliphatic carbocycles. The second-order valence-corrected chi connectivity index (χ2v) is 7.19. The Balaban J connectivity index is 1.81. The average molecular weight is 336 g/mol. The van der Waals surface area contributed by atoms with Gasteiger partial charge in [-0.15, -0.1) is 0 Å². The van der Waals surface area contributed by atoms with Crippen LogP contribution in [0.15, 0.2) is 22.7 Å². The van der Waals surface area contributed by atoms with Gasteiger partial charge in [0.2, 0.25) is 0 Å². The number of halogens is 1. The van der Waals surface area contributed by atoms with E-state index in [1.165, 1.54) is 38.5 Å². The maximum Gasteiger partial charge on any atom is 0.254 e. The molecule has 0 N–H and O–H groups in total. The minimum absolute atomic E-state index is 0.226. The number of hydrogen-bond donors (Lipinski definition) is 0. The van der Waals surface area contributed by atoms with Crippen LogP contribution in [0.2, 0.25) is 0 Å². The Labute approximate surface area is 129 Å². The molecule has 108 valence electrons. The molecule has 0 spiro atoms. The summed E-state index contributed by atoms with van der Waals surface area (Å²) in [4.78, 5) is 15.0. The van der Waals surface area contributed by atoms with Crippen LogP contribution < -0.4 is 0 Å². The molecule has 0 bridgehead atoms. The van der Waals surface area contributed by atoms with E-state index in [2.05, 4.69) is 26.9 Å². The van der Waals surface area contributed by atoms with E-state index in [9.17, 15) is 4.79 Å². The van der Waals surface area contributed by atoms with Crippen LogP contribution in [0.5, 0.6) is 0 Å². The van der Waals surface area contributed by atoms with E-state index in [1.807, 2.05) is 19.1 Å². The number of likely N-dealkylation sites (tertiary alicyclic amines) is 1. The molecule has 2 aliphatic rings. The zero-order chi connectivity index (χ0) is 14.1. The molecule has 1 heterocycles. The van der Waals surface area contributed by atoms with Crippen LogP contribution in [0, 0.1) is 12.8 Å². The molecule has 3 heteroatoms. The van der Waals surface area contributed by atoms with Crippen LogP contribution in [-0.4, -0.2) is 23.4 Å². The van der Waals surface area contributed by atoms with Gasteiger partial charge < -0.3 is 4.90 Å². The fraction of sp³-hybridized carbons (Fsp3) is 0.588. The van der Waals surface area contributed by atoms with Gasteiger partial charge in [0, 0.05) is 22.6 Å². The Morgan fingerprint density at radius 2 is 1.90 bits per heavy atom. The topological polar surface area (TPSA) is 20.3 Å². The Kier molecular flexibility index (Phi) is 4.16. The smallest absolute Gasteiger partial charge is 0.254 e. The molecular weight excluding hydrogens is 314 g/mol. The quantitative estimate of drug-likeness (QED) is 0.776. The largest absolute Gasteiger partial charge is 0.335 e. The SMILES string of the molecule is Cc1cc(Br)cc(C(=O)N2CCCC2C2CCCC2)c1. The number of hydrogen-bond acceptors (Lipinski definition) is 1. The lowest BCUT2D eigenvalue weighted by molar-refractivity contribution is 0.0689. The van der Waals surface area contributed by atoms with Gasteiger partial charge in [0.1, 0.15) is 0 Å². The summed E-state index contributed by atoms with van der Waals surface area (Å²) in [5, 5.41) is 0. The molecule has 2 nitrogen and oxygen atoms in total. The summed E-state index contributed by atoms with van der Waals surface area (Å²) in [6.45, 7) is 2.98. The number of nitrogens with zero attached hydrogens (tertiary/aromatic N) is 1. The first-order valence-corrected chi connectivity index (χ1v) is 8.52. The molecule has 1 amide bonds. The van der Waals surface area contributed by atoms with Crippen molar-refractivity contribution in [1.82, 2.24) is 4.90 Å². The Bertz CT molecular complexity index is 487. The standard InChI is InChI=1S/C17H22BrNO/c1-12-9-14(11-15(18)10-12)17(20)19-8-4-7-16(19)13-5-2-3-6-13/h9-11,13,16H,2-8H2,1H3. The zero-order valence-corrected chi connectivity index (χ0v) is 13.7. The number of carbonyl (C=O) groups is 1. The molecule has 1 saturated carbocycles. The fourth-order valence-corrected chi connectivity index (χ4v) is 4.51. The van der Waals surface area contributed by atoms with Crippen molar-refractivity contribution in [2.45, 2.75) is 51.5 Å². The van der Waals surface area contributed by atoms with Crippen LogP contribution >= 0.6 is 15.9 Å². The van der Waals surface area contributed by atoms with Gasteiger partial charge >= 0.3 is 0 Å². The lowest BCUT2D eigenvalue weighted by Gasteiger charge is -2.29. The lowest BCUT2D eigenvalue weighted by atomic mass is 9.95. The van der Waals surface area contributed by atoms with Crippen LogP contribution in [0.4, 0.5) is 0 Å². The highest BCUT2D eigenvalue weighted by atomic mass is 79.9. The van der Waals surface area contributed by atoms with E-state index >= 15 is 0 Å². The highest BCUT2D eigenvalue weighted by molar-refractivity contribution is 9.10. The first-order valence-electron chi connectivity index (χ1n) is 7.73. The van der Waals surface area contributed by atoms with Crippen molar-refractivity contribution in [3.8, 4) is 0 Å². The Morgan fingerprint density at radius 3 is 2.60 bits per heavy atom.